The first-order chi connectivity index (χ1) is 11.7. The number of imide groups is 1. The number of anilines is 1. The van der Waals surface area contributed by atoms with Crippen LogP contribution in [-0.4, -0.2) is 16.8 Å². The number of aromatic nitrogens is 1. The molecule has 24 heavy (non-hydrogen) atoms. The summed E-state index contributed by atoms with van der Waals surface area (Å²) < 4.78 is 0. The third-order valence-corrected chi connectivity index (χ3v) is 4.38. The normalized spacial score (nSPS) is 17.7. The Hall–Kier alpha value is -3.01. The average Bonchev–Trinajstić information content (AvgIpc) is 2.89. The van der Waals surface area contributed by atoms with E-state index in [4.69, 9.17) is 0 Å². The van der Waals surface area contributed by atoms with Gasteiger partial charge in [-0.1, -0.05) is 36.4 Å². The molecule has 3 aromatic rings. The van der Waals surface area contributed by atoms with E-state index in [2.05, 4.69) is 4.98 Å². The Morgan fingerprint density at radius 3 is 2.58 bits per heavy atom. The molecule has 0 N–H and O–H groups in total. The van der Waals surface area contributed by atoms with E-state index in [1.165, 1.54) is 4.90 Å². The van der Waals surface area contributed by atoms with Crippen LogP contribution in [0.1, 0.15) is 12.0 Å². The van der Waals surface area contributed by atoms with E-state index in [1.54, 1.807) is 18.3 Å². The summed E-state index contributed by atoms with van der Waals surface area (Å²) in [7, 11) is 0. The molecule has 0 saturated carbocycles. The summed E-state index contributed by atoms with van der Waals surface area (Å²) in [5, 5.41) is 1.05. The van der Waals surface area contributed by atoms with Crippen LogP contribution in [0.15, 0.2) is 66.9 Å². The van der Waals surface area contributed by atoms with Gasteiger partial charge in [-0.05, 0) is 36.2 Å². The number of pyridine rings is 1. The summed E-state index contributed by atoms with van der Waals surface area (Å²) in [6.07, 6.45) is 2.58. The van der Waals surface area contributed by atoms with Gasteiger partial charge in [0, 0.05) is 18.0 Å². The number of rotatable bonds is 3. The van der Waals surface area contributed by atoms with Crippen molar-refractivity contribution in [3.05, 3.63) is 72.4 Å². The highest BCUT2D eigenvalue weighted by molar-refractivity contribution is 6.20. The summed E-state index contributed by atoms with van der Waals surface area (Å²) >= 11 is 0. The zero-order valence-electron chi connectivity index (χ0n) is 13.1. The first-order valence-corrected chi connectivity index (χ1v) is 7.98. The highest BCUT2D eigenvalue weighted by Crippen LogP contribution is 2.29. The summed E-state index contributed by atoms with van der Waals surface area (Å²) in [5.41, 5.74) is 2.56. The van der Waals surface area contributed by atoms with Crippen LogP contribution < -0.4 is 4.90 Å². The Morgan fingerprint density at radius 2 is 1.75 bits per heavy atom. The molecule has 4 rings (SSSR count). The number of carbonyl (C=O) groups is 2. The van der Waals surface area contributed by atoms with Crippen LogP contribution >= 0.6 is 0 Å². The molecule has 2 heterocycles. The Bertz CT molecular complexity index is 921. The standard InChI is InChI=1S/C20H16N2O2/c23-19-12-16(20(24)22(19)17-7-2-1-3-8-17)11-14-10-15-6-4-5-9-18(15)21-13-14/h1-10,13,16H,11-12H2. The number of fused-ring (bicyclic) bond motifs is 1. The predicted octanol–water partition coefficient (Wildman–Crippen LogP) is 3.36. The zero-order valence-corrected chi connectivity index (χ0v) is 13.1. The second kappa shape index (κ2) is 5.89. The molecule has 0 aliphatic carbocycles. The molecule has 2 amide bonds. The fourth-order valence-corrected chi connectivity index (χ4v) is 3.22. The first-order valence-electron chi connectivity index (χ1n) is 7.98. The minimum atomic E-state index is -0.319. The van der Waals surface area contributed by atoms with Gasteiger partial charge in [0.15, 0.2) is 0 Å². The second-order valence-corrected chi connectivity index (χ2v) is 6.04. The van der Waals surface area contributed by atoms with Crippen LogP contribution in [0.3, 0.4) is 0 Å². The number of benzene rings is 2. The Kier molecular flexibility index (Phi) is 3.58. The highest BCUT2D eigenvalue weighted by Gasteiger charge is 2.39. The molecule has 1 aliphatic rings. The van der Waals surface area contributed by atoms with Crippen molar-refractivity contribution in [1.82, 2.24) is 4.98 Å². The van der Waals surface area contributed by atoms with Gasteiger partial charge in [-0.2, -0.15) is 0 Å². The molecule has 0 spiro atoms. The minimum absolute atomic E-state index is 0.126. The highest BCUT2D eigenvalue weighted by atomic mass is 16.2. The largest absolute Gasteiger partial charge is 0.274 e. The number of hydrogen-bond acceptors (Lipinski definition) is 3. The molecule has 4 heteroatoms. The van der Waals surface area contributed by atoms with Crippen molar-refractivity contribution in [2.24, 2.45) is 5.92 Å². The van der Waals surface area contributed by atoms with Gasteiger partial charge in [0.05, 0.1) is 17.1 Å². The van der Waals surface area contributed by atoms with Crippen LogP contribution in [0.25, 0.3) is 10.9 Å². The molecule has 1 aliphatic heterocycles. The average molecular weight is 316 g/mol. The fraction of sp³-hybridized carbons (Fsp3) is 0.150. The van der Waals surface area contributed by atoms with Crippen LogP contribution in [-0.2, 0) is 16.0 Å². The Labute approximate surface area is 139 Å². The Balaban J connectivity index is 1.58. The molecule has 4 nitrogen and oxygen atoms in total. The van der Waals surface area contributed by atoms with Gasteiger partial charge in [0.1, 0.15) is 0 Å². The maximum absolute atomic E-state index is 12.7. The smallest absolute Gasteiger partial charge is 0.237 e. The van der Waals surface area contributed by atoms with Crippen molar-refractivity contribution in [3.8, 4) is 0 Å². The number of nitrogens with zero attached hydrogens (tertiary/aromatic N) is 2. The van der Waals surface area contributed by atoms with E-state index < -0.39 is 0 Å². The molecule has 1 saturated heterocycles. The molecule has 0 radical (unpaired) electrons. The molecule has 1 unspecified atom stereocenters. The van der Waals surface area contributed by atoms with Crippen molar-refractivity contribution in [3.63, 3.8) is 0 Å². The number of amides is 2. The van der Waals surface area contributed by atoms with Crippen molar-refractivity contribution < 1.29 is 9.59 Å². The molecule has 118 valence electrons. The van der Waals surface area contributed by atoms with E-state index in [0.29, 0.717) is 12.1 Å². The lowest BCUT2D eigenvalue weighted by Gasteiger charge is -2.15. The number of hydrogen-bond donors (Lipinski definition) is 0. The van der Waals surface area contributed by atoms with E-state index in [1.807, 2.05) is 48.5 Å². The van der Waals surface area contributed by atoms with Crippen LogP contribution in [0.5, 0.6) is 0 Å². The predicted molar refractivity (Wildman–Crippen MR) is 92.5 cm³/mol. The lowest BCUT2D eigenvalue weighted by Crippen LogP contribution is -2.30. The molecule has 2 aromatic carbocycles. The maximum Gasteiger partial charge on any atom is 0.237 e. The van der Waals surface area contributed by atoms with Crippen molar-refractivity contribution in [2.75, 3.05) is 4.90 Å². The van der Waals surface area contributed by atoms with E-state index in [-0.39, 0.29) is 24.2 Å². The fourth-order valence-electron chi connectivity index (χ4n) is 3.22. The summed E-state index contributed by atoms with van der Waals surface area (Å²) in [4.78, 5) is 30.7. The maximum atomic E-state index is 12.7. The third-order valence-electron chi connectivity index (χ3n) is 4.38. The molecular formula is C20H16N2O2. The lowest BCUT2D eigenvalue weighted by molar-refractivity contribution is -0.122. The zero-order chi connectivity index (χ0) is 16.5. The molecule has 1 fully saturated rings. The molecule has 1 aromatic heterocycles. The van der Waals surface area contributed by atoms with Crippen LogP contribution in [0.4, 0.5) is 5.69 Å². The van der Waals surface area contributed by atoms with Crippen LogP contribution in [0, 0.1) is 5.92 Å². The monoisotopic (exact) mass is 316 g/mol. The van der Waals surface area contributed by atoms with Gasteiger partial charge in [-0.15, -0.1) is 0 Å². The quantitative estimate of drug-likeness (QED) is 0.696. The topological polar surface area (TPSA) is 50.3 Å². The van der Waals surface area contributed by atoms with Crippen molar-refractivity contribution in [2.45, 2.75) is 12.8 Å². The molecule has 0 bridgehead atoms. The van der Waals surface area contributed by atoms with Gasteiger partial charge in [0.2, 0.25) is 11.8 Å². The number of para-hydroxylation sites is 2. The van der Waals surface area contributed by atoms with Crippen LogP contribution in [0.2, 0.25) is 0 Å². The summed E-state index contributed by atoms with van der Waals surface area (Å²) in [6.45, 7) is 0. The lowest BCUT2D eigenvalue weighted by atomic mass is 9.98. The van der Waals surface area contributed by atoms with E-state index in [9.17, 15) is 9.59 Å². The first kappa shape index (κ1) is 14.6. The van der Waals surface area contributed by atoms with Crippen molar-refractivity contribution in [1.29, 1.82) is 0 Å². The Morgan fingerprint density at radius 1 is 1.00 bits per heavy atom. The SMILES string of the molecule is O=C1CC(Cc2cnc3ccccc3c2)C(=O)N1c1ccccc1. The van der Waals surface area contributed by atoms with Gasteiger partial charge in [0.25, 0.3) is 0 Å². The number of carbonyl (C=O) groups excluding carboxylic acids is 2. The second-order valence-electron chi connectivity index (χ2n) is 6.04. The van der Waals surface area contributed by atoms with Gasteiger partial charge < -0.3 is 0 Å². The van der Waals surface area contributed by atoms with Gasteiger partial charge in [-0.25, -0.2) is 0 Å². The minimum Gasteiger partial charge on any atom is -0.274 e. The molecule has 1 atom stereocenters. The summed E-state index contributed by atoms with van der Waals surface area (Å²) in [5.74, 6) is -0.579. The van der Waals surface area contributed by atoms with Crippen molar-refractivity contribution >= 4 is 28.4 Å². The van der Waals surface area contributed by atoms with E-state index in [0.717, 1.165) is 16.5 Å². The van der Waals surface area contributed by atoms with E-state index >= 15 is 0 Å². The van der Waals surface area contributed by atoms with Gasteiger partial charge in [-0.3, -0.25) is 19.5 Å². The third kappa shape index (κ3) is 2.56. The summed E-state index contributed by atoms with van der Waals surface area (Å²) in [6, 6.07) is 19.0. The van der Waals surface area contributed by atoms with Gasteiger partial charge >= 0.3 is 0 Å². The molecular weight excluding hydrogens is 300 g/mol.